The number of methoxy groups -OCH3 is 1. The second-order valence-corrected chi connectivity index (χ2v) is 4.44. The molecular weight excluding hydrogens is 250 g/mol. The number of rotatable bonds is 3. The number of ether oxygens (including phenoxy) is 1. The molecule has 0 spiro atoms. The molecule has 1 aliphatic rings. The smallest absolute Gasteiger partial charge is 0.377 e. The summed E-state index contributed by atoms with van der Waals surface area (Å²) in [5.74, 6) is -0.658. The Morgan fingerprint density at radius 1 is 1.32 bits per heavy atom. The second kappa shape index (κ2) is 5.79. The molecule has 0 saturated carbocycles. The fourth-order valence-corrected chi connectivity index (χ4v) is 1.85. The molecule has 1 amide bonds. The molecule has 104 valence electrons. The van der Waals surface area contributed by atoms with E-state index in [4.69, 9.17) is 0 Å². The predicted octanol–water partition coefficient (Wildman–Crippen LogP) is -1.16. The molecule has 0 aliphatic carbocycles. The lowest BCUT2D eigenvalue weighted by atomic mass is 10.3. The van der Waals surface area contributed by atoms with Crippen LogP contribution in [-0.4, -0.2) is 76.8 Å². The highest BCUT2D eigenvalue weighted by atomic mass is 16.5. The van der Waals surface area contributed by atoms with Gasteiger partial charge in [0.1, 0.15) is 12.9 Å². The van der Waals surface area contributed by atoms with Crippen LogP contribution in [0.4, 0.5) is 0 Å². The molecule has 1 saturated heterocycles. The third-order valence-corrected chi connectivity index (χ3v) is 3.06. The first kappa shape index (κ1) is 13.5. The summed E-state index contributed by atoms with van der Waals surface area (Å²) in [4.78, 5) is 31.0. The van der Waals surface area contributed by atoms with E-state index in [-0.39, 0.29) is 18.3 Å². The highest BCUT2D eigenvalue weighted by Gasteiger charge is 2.20. The Bertz CT molecular complexity index is 465. The third-order valence-electron chi connectivity index (χ3n) is 3.06. The van der Waals surface area contributed by atoms with Gasteiger partial charge in [0.15, 0.2) is 0 Å². The first-order valence-electron chi connectivity index (χ1n) is 6.04. The van der Waals surface area contributed by atoms with E-state index in [1.165, 1.54) is 18.1 Å². The minimum atomic E-state index is -0.606. The lowest BCUT2D eigenvalue weighted by molar-refractivity contribution is -0.133. The number of piperazine rings is 1. The highest BCUT2D eigenvalue weighted by molar-refractivity contribution is 5.84. The Balaban J connectivity index is 1.92. The molecule has 19 heavy (non-hydrogen) atoms. The Labute approximate surface area is 110 Å². The molecule has 2 rings (SSSR count). The van der Waals surface area contributed by atoms with Gasteiger partial charge in [0.25, 0.3) is 5.82 Å². The van der Waals surface area contributed by atoms with E-state index < -0.39 is 5.97 Å². The van der Waals surface area contributed by atoms with Gasteiger partial charge in [-0.3, -0.25) is 4.79 Å². The fraction of sp³-hybridized carbons (Fsp3) is 0.636. The van der Waals surface area contributed by atoms with Crippen molar-refractivity contribution in [2.24, 2.45) is 0 Å². The number of hydrogen-bond acceptors (Lipinski definition) is 6. The number of carbonyl (C=O) groups excluding carboxylic acids is 2. The normalized spacial score (nSPS) is 16.4. The van der Waals surface area contributed by atoms with E-state index in [9.17, 15) is 9.59 Å². The van der Waals surface area contributed by atoms with Gasteiger partial charge in [-0.2, -0.15) is 0 Å². The zero-order chi connectivity index (χ0) is 13.8. The average molecular weight is 267 g/mol. The maximum atomic E-state index is 12.0. The minimum Gasteiger partial charge on any atom is -0.463 e. The number of carbonyl (C=O) groups is 2. The van der Waals surface area contributed by atoms with Crippen molar-refractivity contribution in [1.29, 1.82) is 0 Å². The summed E-state index contributed by atoms with van der Waals surface area (Å²) in [5, 5.41) is 3.90. The molecule has 0 atom stereocenters. The summed E-state index contributed by atoms with van der Waals surface area (Å²) in [6, 6.07) is 0. The fourth-order valence-electron chi connectivity index (χ4n) is 1.85. The van der Waals surface area contributed by atoms with Crippen LogP contribution >= 0.6 is 0 Å². The number of amides is 1. The summed E-state index contributed by atoms with van der Waals surface area (Å²) in [6.45, 7) is 3.27. The van der Waals surface area contributed by atoms with Crippen molar-refractivity contribution in [1.82, 2.24) is 24.6 Å². The van der Waals surface area contributed by atoms with Crippen molar-refractivity contribution >= 4 is 11.9 Å². The number of esters is 1. The molecule has 8 nitrogen and oxygen atoms in total. The largest absolute Gasteiger partial charge is 0.463 e. The van der Waals surface area contributed by atoms with Crippen molar-refractivity contribution < 1.29 is 14.3 Å². The van der Waals surface area contributed by atoms with Gasteiger partial charge >= 0.3 is 5.97 Å². The van der Waals surface area contributed by atoms with Gasteiger partial charge in [-0.25, -0.2) is 14.5 Å². The van der Waals surface area contributed by atoms with Gasteiger partial charge in [-0.1, -0.05) is 0 Å². The number of aromatic nitrogens is 3. The van der Waals surface area contributed by atoms with E-state index in [0.717, 1.165) is 13.1 Å². The van der Waals surface area contributed by atoms with Crippen molar-refractivity contribution in [2.45, 2.75) is 6.54 Å². The number of nitrogens with zero attached hydrogens (tertiary/aromatic N) is 5. The van der Waals surface area contributed by atoms with Crippen LogP contribution in [-0.2, 0) is 16.1 Å². The quantitative estimate of drug-likeness (QED) is 0.643. The van der Waals surface area contributed by atoms with Crippen molar-refractivity contribution in [3.8, 4) is 0 Å². The maximum absolute atomic E-state index is 12.0. The molecule has 8 heteroatoms. The minimum absolute atomic E-state index is 0.0191. The first-order valence-corrected chi connectivity index (χ1v) is 6.04. The van der Waals surface area contributed by atoms with E-state index >= 15 is 0 Å². The molecule has 1 aromatic rings. The molecule has 0 bridgehead atoms. The van der Waals surface area contributed by atoms with Crippen molar-refractivity contribution in [3.05, 3.63) is 12.2 Å². The maximum Gasteiger partial charge on any atom is 0.377 e. The molecule has 0 aromatic carbocycles. The van der Waals surface area contributed by atoms with Crippen LogP contribution in [0.1, 0.15) is 10.6 Å². The zero-order valence-corrected chi connectivity index (χ0v) is 11.1. The summed E-state index contributed by atoms with van der Waals surface area (Å²) in [7, 11) is 3.29. The second-order valence-electron chi connectivity index (χ2n) is 4.44. The zero-order valence-electron chi connectivity index (χ0n) is 11.1. The Morgan fingerprint density at radius 3 is 2.63 bits per heavy atom. The van der Waals surface area contributed by atoms with E-state index in [1.807, 2.05) is 7.05 Å². The Kier molecular flexibility index (Phi) is 4.10. The molecule has 2 heterocycles. The molecule has 1 aromatic heterocycles. The van der Waals surface area contributed by atoms with Crippen LogP contribution < -0.4 is 0 Å². The summed E-state index contributed by atoms with van der Waals surface area (Å²) in [6.07, 6.45) is 1.36. The first-order chi connectivity index (χ1) is 9.10. The van der Waals surface area contributed by atoms with Crippen LogP contribution in [0.5, 0.6) is 0 Å². The van der Waals surface area contributed by atoms with Crippen molar-refractivity contribution in [2.75, 3.05) is 40.3 Å². The standard InChI is InChI=1S/C11H17N5O3/c1-14-3-5-15(6-4-14)9(17)7-16-8-12-10(13-16)11(18)19-2/h8H,3-7H2,1-2H3. The van der Waals surface area contributed by atoms with Crippen LogP contribution in [0.15, 0.2) is 6.33 Å². The molecule has 0 unspecified atom stereocenters. The monoisotopic (exact) mass is 267 g/mol. The number of hydrogen-bond donors (Lipinski definition) is 0. The summed E-state index contributed by atoms with van der Waals surface area (Å²) >= 11 is 0. The Hall–Kier alpha value is -1.96. The molecule has 0 N–H and O–H groups in total. The lowest BCUT2D eigenvalue weighted by Crippen LogP contribution is -2.48. The molecule has 0 radical (unpaired) electrons. The van der Waals surface area contributed by atoms with Gasteiger partial charge in [0, 0.05) is 26.2 Å². The lowest BCUT2D eigenvalue weighted by Gasteiger charge is -2.32. The van der Waals surface area contributed by atoms with Gasteiger partial charge < -0.3 is 14.5 Å². The highest BCUT2D eigenvalue weighted by Crippen LogP contribution is 2.01. The summed E-state index contributed by atoms with van der Waals surface area (Å²) < 4.78 is 5.86. The predicted molar refractivity (Wildman–Crippen MR) is 65.4 cm³/mol. The van der Waals surface area contributed by atoms with Crippen molar-refractivity contribution in [3.63, 3.8) is 0 Å². The average Bonchev–Trinajstić information content (AvgIpc) is 2.87. The van der Waals surface area contributed by atoms with Crippen LogP contribution in [0.25, 0.3) is 0 Å². The van der Waals surface area contributed by atoms with Crippen LogP contribution in [0.2, 0.25) is 0 Å². The molecule has 1 fully saturated rings. The molecule has 1 aliphatic heterocycles. The van der Waals surface area contributed by atoms with Gasteiger partial charge in [0.2, 0.25) is 5.91 Å². The molecular formula is C11H17N5O3. The van der Waals surface area contributed by atoms with E-state index in [1.54, 1.807) is 4.90 Å². The van der Waals surface area contributed by atoms with Gasteiger partial charge in [-0.05, 0) is 7.05 Å². The summed E-state index contributed by atoms with van der Waals surface area (Å²) in [5.41, 5.74) is 0. The van der Waals surface area contributed by atoms with E-state index in [0.29, 0.717) is 13.1 Å². The van der Waals surface area contributed by atoms with E-state index in [2.05, 4.69) is 19.7 Å². The Morgan fingerprint density at radius 2 is 2.00 bits per heavy atom. The van der Waals surface area contributed by atoms with Crippen LogP contribution in [0, 0.1) is 0 Å². The van der Waals surface area contributed by atoms with Gasteiger partial charge in [-0.15, -0.1) is 5.10 Å². The third kappa shape index (κ3) is 3.28. The topological polar surface area (TPSA) is 80.6 Å². The number of likely N-dealkylation sites (N-methyl/N-ethyl adjacent to an activating group) is 1. The SMILES string of the molecule is COC(=O)c1ncn(CC(=O)N2CCN(C)CC2)n1. The van der Waals surface area contributed by atoms with Crippen LogP contribution in [0.3, 0.4) is 0 Å². The van der Waals surface area contributed by atoms with Gasteiger partial charge in [0.05, 0.1) is 7.11 Å².